The second kappa shape index (κ2) is 6.70. The van der Waals surface area contributed by atoms with Crippen LogP contribution in [0.5, 0.6) is 0 Å². The van der Waals surface area contributed by atoms with Crippen LogP contribution in [-0.4, -0.2) is 86.7 Å². The Morgan fingerprint density at radius 1 is 1.33 bits per heavy atom. The highest BCUT2D eigenvalue weighted by Gasteiger charge is 2.41. The molecule has 0 saturated carbocycles. The normalized spacial score (nSPS) is 28.2. The van der Waals surface area contributed by atoms with Gasteiger partial charge in [0.2, 0.25) is 0 Å². The molecule has 2 aliphatic rings. The fraction of sp³-hybridized carbons (Fsp3) is 0.929. The molecule has 2 rings (SSSR count). The smallest absolute Gasteiger partial charge is 0.352 e. The number of rotatable bonds is 2. The van der Waals surface area contributed by atoms with Gasteiger partial charge in [-0.1, -0.05) is 0 Å². The van der Waals surface area contributed by atoms with Gasteiger partial charge >= 0.3 is 6.18 Å². The van der Waals surface area contributed by atoms with E-state index in [-0.39, 0.29) is 11.8 Å². The Morgan fingerprint density at radius 3 is 2.54 bits per heavy atom. The second-order valence-electron chi connectivity index (χ2n) is 7.03. The van der Waals surface area contributed by atoms with Crippen LogP contribution >= 0.6 is 0 Å². The third-order valence-corrected chi connectivity index (χ3v) is 7.10. The molecule has 0 aromatic heterocycles. The zero-order valence-corrected chi connectivity index (χ0v) is 15.0. The Kier molecular flexibility index (Phi) is 5.39. The van der Waals surface area contributed by atoms with E-state index in [1.165, 1.54) is 4.90 Å². The monoisotopic (exact) mass is 370 g/mol. The summed E-state index contributed by atoms with van der Waals surface area (Å²) in [5, 5.41) is 3.19. The van der Waals surface area contributed by atoms with Crippen LogP contribution in [0.2, 0.25) is 0 Å². The van der Waals surface area contributed by atoms with E-state index in [1.54, 1.807) is 20.9 Å². The van der Waals surface area contributed by atoms with Gasteiger partial charge < -0.3 is 10.2 Å². The van der Waals surface area contributed by atoms with Crippen molar-refractivity contribution in [2.24, 2.45) is 4.99 Å². The van der Waals surface area contributed by atoms with Crippen LogP contribution in [0.4, 0.5) is 13.2 Å². The zero-order chi connectivity index (χ0) is 18.2. The fourth-order valence-electron chi connectivity index (χ4n) is 3.15. The molecule has 0 aliphatic carbocycles. The van der Waals surface area contributed by atoms with Crippen LogP contribution in [0.15, 0.2) is 4.99 Å². The van der Waals surface area contributed by atoms with Crippen molar-refractivity contribution in [2.45, 2.75) is 37.2 Å². The molecule has 1 N–H and O–H groups in total. The quantitative estimate of drug-likeness (QED) is 0.573. The topological polar surface area (TPSA) is 65.0 Å². The first kappa shape index (κ1) is 19.3. The summed E-state index contributed by atoms with van der Waals surface area (Å²) in [6, 6.07) is -0.118. The summed E-state index contributed by atoms with van der Waals surface area (Å²) in [4.78, 5) is 7.42. The van der Waals surface area contributed by atoms with Crippen molar-refractivity contribution in [3.05, 3.63) is 0 Å². The molecular formula is C14H25F3N4O2S. The largest absolute Gasteiger partial charge is 0.401 e. The lowest BCUT2D eigenvalue weighted by Crippen LogP contribution is -2.58. The van der Waals surface area contributed by atoms with Gasteiger partial charge in [0, 0.05) is 39.3 Å². The number of guanidine groups is 1. The molecule has 0 aromatic carbocycles. The van der Waals surface area contributed by atoms with E-state index in [2.05, 4.69) is 10.3 Å². The molecule has 6 nitrogen and oxygen atoms in total. The van der Waals surface area contributed by atoms with Crippen LogP contribution in [0, 0.1) is 0 Å². The molecule has 0 radical (unpaired) electrons. The number of alkyl halides is 3. The maximum absolute atomic E-state index is 12.5. The number of aliphatic imine (C=N–C) groups is 1. The predicted octanol–water partition coefficient (Wildman–Crippen LogP) is 0.707. The van der Waals surface area contributed by atoms with Crippen molar-refractivity contribution in [3.63, 3.8) is 0 Å². The summed E-state index contributed by atoms with van der Waals surface area (Å²) in [5.74, 6) is 0.600. The van der Waals surface area contributed by atoms with Crippen LogP contribution in [0.25, 0.3) is 0 Å². The summed E-state index contributed by atoms with van der Waals surface area (Å²) in [7, 11) is -1.55. The first-order valence-electron chi connectivity index (χ1n) is 7.93. The van der Waals surface area contributed by atoms with Crippen molar-refractivity contribution in [1.82, 2.24) is 15.1 Å². The predicted molar refractivity (Wildman–Crippen MR) is 86.8 cm³/mol. The molecule has 10 heteroatoms. The van der Waals surface area contributed by atoms with Gasteiger partial charge in [-0.05, 0) is 20.3 Å². The molecule has 2 aliphatic heterocycles. The lowest BCUT2D eigenvalue weighted by molar-refractivity contribution is -0.143. The van der Waals surface area contributed by atoms with E-state index < -0.39 is 27.3 Å². The highest BCUT2D eigenvalue weighted by atomic mass is 32.2. The van der Waals surface area contributed by atoms with Gasteiger partial charge in [-0.25, -0.2) is 8.42 Å². The van der Waals surface area contributed by atoms with Crippen molar-refractivity contribution < 1.29 is 21.6 Å². The first-order valence-corrected chi connectivity index (χ1v) is 9.58. The summed E-state index contributed by atoms with van der Waals surface area (Å²) in [6.07, 6.45) is -3.59. The Balaban J connectivity index is 1.95. The van der Waals surface area contributed by atoms with Crippen molar-refractivity contribution in [1.29, 1.82) is 0 Å². The number of hydrogen-bond donors (Lipinski definition) is 1. The van der Waals surface area contributed by atoms with Crippen LogP contribution < -0.4 is 5.32 Å². The standard InChI is InChI=1S/C14H25F3N4O2S/c1-13(2)9-21(6-7-24(13,22)23)12(18-3)19-11-4-5-20(8-11)10-14(15,16)17/h11H,4-10H2,1-3H3,(H,18,19). The van der Waals surface area contributed by atoms with Crippen LogP contribution in [0.1, 0.15) is 20.3 Å². The van der Waals surface area contributed by atoms with Gasteiger partial charge in [0.15, 0.2) is 15.8 Å². The van der Waals surface area contributed by atoms with E-state index in [0.29, 0.717) is 38.6 Å². The third-order valence-electron chi connectivity index (χ3n) is 4.56. The molecule has 2 fully saturated rings. The molecular weight excluding hydrogens is 345 g/mol. The average molecular weight is 370 g/mol. The number of halogens is 3. The Labute approximate surface area is 141 Å². The van der Waals surface area contributed by atoms with Crippen molar-refractivity contribution >= 4 is 15.8 Å². The van der Waals surface area contributed by atoms with Crippen molar-refractivity contribution in [3.8, 4) is 0 Å². The van der Waals surface area contributed by atoms with Gasteiger partial charge in [-0.15, -0.1) is 0 Å². The van der Waals surface area contributed by atoms with Crippen LogP contribution in [0.3, 0.4) is 0 Å². The number of sulfone groups is 1. The minimum absolute atomic E-state index is 0.0472. The summed E-state index contributed by atoms with van der Waals surface area (Å²) in [6.45, 7) is 3.80. The number of likely N-dealkylation sites (tertiary alicyclic amines) is 1. The summed E-state index contributed by atoms with van der Waals surface area (Å²) < 4.78 is 60.7. The van der Waals surface area contributed by atoms with Gasteiger partial charge in [0.1, 0.15) is 0 Å². The first-order chi connectivity index (χ1) is 10.9. The summed E-state index contributed by atoms with van der Waals surface area (Å²) >= 11 is 0. The Morgan fingerprint density at radius 2 is 2.00 bits per heavy atom. The highest BCUT2D eigenvalue weighted by molar-refractivity contribution is 7.92. The second-order valence-corrected chi connectivity index (χ2v) is 9.77. The molecule has 2 heterocycles. The molecule has 0 spiro atoms. The van der Waals surface area contributed by atoms with Crippen LogP contribution in [-0.2, 0) is 9.84 Å². The minimum Gasteiger partial charge on any atom is -0.352 e. The average Bonchev–Trinajstić information content (AvgIpc) is 2.84. The van der Waals surface area contributed by atoms with Gasteiger partial charge in [0.25, 0.3) is 0 Å². The van der Waals surface area contributed by atoms with E-state index in [4.69, 9.17) is 0 Å². The molecule has 1 unspecified atom stereocenters. The van der Waals surface area contributed by atoms with Gasteiger partial charge in [-0.3, -0.25) is 9.89 Å². The maximum Gasteiger partial charge on any atom is 0.401 e. The zero-order valence-electron chi connectivity index (χ0n) is 14.2. The van der Waals surface area contributed by atoms with Gasteiger partial charge in [0.05, 0.1) is 17.0 Å². The molecule has 0 amide bonds. The van der Waals surface area contributed by atoms with Crippen molar-refractivity contribution in [2.75, 3.05) is 45.5 Å². The minimum atomic E-state index is -4.19. The number of nitrogens with zero attached hydrogens (tertiary/aromatic N) is 3. The Hall–Kier alpha value is -1.03. The molecule has 24 heavy (non-hydrogen) atoms. The number of nitrogens with one attached hydrogen (secondary N) is 1. The number of hydrogen-bond acceptors (Lipinski definition) is 4. The molecule has 0 bridgehead atoms. The molecule has 2 saturated heterocycles. The van der Waals surface area contributed by atoms with E-state index in [9.17, 15) is 21.6 Å². The molecule has 1 atom stereocenters. The Bertz CT molecular complexity index is 589. The highest BCUT2D eigenvalue weighted by Crippen LogP contribution is 2.24. The lowest BCUT2D eigenvalue weighted by Gasteiger charge is -2.39. The summed E-state index contributed by atoms with van der Waals surface area (Å²) in [5.41, 5.74) is 0. The van der Waals surface area contributed by atoms with E-state index >= 15 is 0 Å². The van der Waals surface area contributed by atoms with E-state index in [1.807, 2.05) is 4.90 Å². The van der Waals surface area contributed by atoms with E-state index in [0.717, 1.165) is 0 Å². The SMILES string of the molecule is CN=C(NC1CCN(CC(F)(F)F)C1)N1CCS(=O)(=O)C(C)(C)C1. The maximum atomic E-state index is 12.5. The lowest BCUT2D eigenvalue weighted by atomic mass is 10.2. The fourth-order valence-corrected chi connectivity index (χ4v) is 4.52. The molecule has 0 aromatic rings. The van der Waals surface area contributed by atoms with Gasteiger partial charge in [-0.2, -0.15) is 13.2 Å². The third kappa shape index (κ3) is 4.53. The molecule has 140 valence electrons.